The zero-order chi connectivity index (χ0) is 23.5. The van der Waals surface area contributed by atoms with Crippen molar-refractivity contribution in [2.45, 2.75) is 19.5 Å². The monoisotopic (exact) mass is 446 g/mol. The lowest BCUT2D eigenvalue weighted by Gasteiger charge is -2.25. The van der Waals surface area contributed by atoms with E-state index in [0.717, 1.165) is 5.69 Å². The SMILES string of the molecule is CCOc1cccc(/C(O)=C2/C(=O)C(=O)N(Cc3ccco3)C2c2ccc(N(C)C)cc2)c1. The predicted octanol–water partition coefficient (Wildman–Crippen LogP) is 4.37. The Morgan fingerprint density at radius 1 is 1.09 bits per heavy atom. The van der Waals surface area contributed by atoms with Gasteiger partial charge in [0.15, 0.2) is 0 Å². The van der Waals surface area contributed by atoms with E-state index < -0.39 is 17.7 Å². The lowest BCUT2D eigenvalue weighted by Crippen LogP contribution is -2.29. The first-order chi connectivity index (χ1) is 15.9. The van der Waals surface area contributed by atoms with Crippen LogP contribution in [0.1, 0.15) is 29.9 Å². The largest absolute Gasteiger partial charge is 0.507 e. The van der Waals surface area contributed by atoms with Crippen molar-refractivity contribution in [1.82, 2.24) is 4.90 Å². The van der Waals surface area contributed by atoms with Crippen LogP contribution in [0.4, 0.5) is 5.69 Å². The fraction of sp³-hybridized carbons (Fsp3) is 0.231. The Morgan fingerprint density at radius 3 is 2.48 bits per heavy atom. The number of rotatable bonds is 7. The standard InChI is InChI=1S/C26H26N2O5/c1-4-32-20-8-5-7-18(15-20)24(29)22-23(17-10-12-19(13-11-17)27(2)3)28(26(31)25(22)30)16-21-9-6-14-33-21/h5-15,23,29H,4,16H2,1-3H3/b24-22-. The summed E-state index contributed by atoms with van der Waals surface area (Å²) in [5.74, 6) is -0.542. The first kappa shape index (κ1) is 22.2. The highest BCUT2D eigenvalue weighted by atomic mass is 16.5. The normalized spacial score (nSPS) is 17.4. The molecule has 0 aliphatic carbocycles. The van der Waals surface area contributed by atoms with Crippen molar-refractivity contribution in [2.24, 2.45) is 0 Å². The number of likely N-dealkylation sites (tertiary alicyclic amines) is 1. The van der Waals surface area contributed by atoms with Crippen molar-refractivity contribution >= 4 is 23.1 Å². The molecule has 33 heavy (non-hydrogen) atoms. The third-order valence-electron chi connectivity index (χ3n) is 5.59. The second-order valence-electron chi connectivity index (χ2n) is 7.95. The molecule has 7 heteroatoms. The van der Waals surface area contributed by atoms with Gasteiger partial charge in [0.05, 0.1) is 31.0 Å². The second-order valence-corrected chi connectivity index (χ2v) is 7.95. The van der Waals surface area contributed by atoms with Crippen LogP contribution in [0.25, 0.3) is 5.76 Å². The third-order valence-corrected chi connectivity index (χ3v) is 5.59. The number of hydrogen-bond acceptors (Lipinski definition) is 6. The van der Waals surface area contributed by atoms with Crippen molar-refractivity contribution in [1.29, 1.82) is 0 Å². The number of ether oxygens (including phenoxy) is 1. The molecule has 7 nitrogen and oxygen atoms in total. The molecule has 2 aromatic carbocycles. The number of amides is 1. The molecule has 0 spiro atoms. The molecule has 2 heterocycles. The third kappa shape index (κ3) is 4.35. The maximum atomic E-state index is 13.1. The van der Waals surface area contributed by atoms with Crippen LogP contribution in [0.2, 0.25) is 0 Å². The molecule has 1 unspecified atom stereocenters. The summed E-state index contributed by atoms with van der Waals surface area (Å²) in [6.45, 7) is 2.44. The molecular weight excluding hydrogens is 420 g/mol. The number of hydrogen-bond donors (Lipinski definition) is 1. The Labute approximate surface area is 192 Å². The van der Waals surface area contributed by atoms with Gasteiger partial charge >= 0.3 is 0 Å². The minimum absolute atomic E-state index is 0.0396. The first-order valence-electron chi connectivity index (χ1n) is 10.7. The summed E-state index contributed by atoms with van der Waals surface area (Å²) >= 11 is 0. The average molecular weight is 447 g/mol. The minimum atomic E-state index is -0.762. The number of ketones is 1. The van der Waals surface area contributed by atoms with Crippen LogP contribution in [0.15, 0.2) is 76.9 Å². The number of carbonyl (C=O) groups excluding carboxylic acids is 2. The van der Waals surface area contributed by atoms with E-state index in [1.54, 1.807) is 36.4 Å². The highest BCUT2D eigenvalue weighted by molar-refractivity contribution is 6.46. The summed E-state index contributed by atoms with van der Waals surface area (Å²) in [6.07, 6.45) is 1.52. The Morgan fingerprint density at radius 2 is 1.85 bits per heavy atom. The summed E-state index contributed by atoms with van der Waals surface area (Å²) in [5, 5.41) is 11.2. The van der Waals surface area contributed by atoms with E-state index >= 15 is 0 Å². The number of carbonyl (C=O) groups is 2. The van der Waals surface area contributed by atoms with E-state index in [0.29, 0.717) is 29.2 Å². The number of furan rings is 1. The molecule has 170 valence electrons. The van der Waals surface area contributed by atoms with Crippen LogP contribution >= 0.6 is 0 Å². The van der Waals surface area contributed by atoms with Gasteiger partial charge in [-0.2, -0.15) is 0 Å². The van der Waals surface area contributed by atoms with Crippen molar-refractivity contribution in [2.75, 3.05) is 25.6 Å². The molecule has 3 aromatic rings. The fourth-order valence-corrected chi connectivity index (χ4v) is 3.97. The Bertz CT molecular complexity index is 1180. The van der Waals surface area contributed by atoms with Gasteiger partial charge in [0.2, 0.25) is 0 Å². The molecule has 1 aromatic heterocycles. The van der Waals surface area contributed by atoms with Gasteiger partial charge in [-0.25, -0.2) is 0 Å². The summed E-state index contributed by atoms with van der Waals surface area (Å²) < 4.78 is 11.0. The summed E-state index contributed by atoms with van der Waals surface area (Å²) in [7, 11) is 3.87. The van der Waals surface area contributed by atoms with Crippen molar-refractivity contribution < 1.29 is 23.8 Å². The number of Topliss-reactive ketones (excluding diaryl/α,β-unsaturated/α-hetero) is 1. The van der Waals surface area contributed by atoms with Gasteiger partial charge in [-0.05, 0) is 48.9 Å². The Hall–Kier alpha value is -4.00. The van der Waals surface area contributed by atoms with Crippen molar-refractivity contribution in [3.05, 3.63) is 89.4 Å². The molecule has 1 aliphatic rings. The van der Waals surface area contributed by atoms with Gasteiger partial charge in [-0.15, -0.1) is 0 Å². The van der Waals surface area contributed by atoms with E-state index in [4.69, 9.17) is 9.15 Å². The Kier molecular flexibility index (Phi) is 6.22. The number of nitrogens with zero attached hydrogens (tertiary/aromatic N) is 2. The van der Waals surface area contributed by atoms with Crippen LogP contribution in [0.3, 0.4) is 0 Å². The van der Waals surface area contributed by atoms with Gasteiger partial charge in [0.1, 0.15) is 17.3 Å². The van der Waals surface area contributed by atoms with Crippen LogP contribution < -0.4 is 9.64 Å². The van der Waals surface area contributed by atoms with Gasteiger partial charge in [-0.3, -0.25) is 9.59 Å². The molecule has 0 bridgehead atoms. The van der Waals surface area contributed by atoms with E-state index in [1.807, 2.05) is 50.2 Å². The average Bonchev–Trinajstić information content (AvgIpc) is 3.41. The number of aliphatic hydroxyl groups excluding tert-OH is 1. The lowest BCUT2D eigenvalue weighted by atomic mass is 9.95. The lowest BCUT2D eigenvalue weighted by molar-refractivity contribution is -0.140. The van der Waals surface area contributed by atoms with E-state index in [-0.39, 0.29) is 17.9 Å². The zero-order valence-electron chi connectivity index (χ0n) is 18.8. The maximum Gasteiger partial charge on any atom is 0.296 e. The molecule has 4 rings (SSSR count). The van der Waals surface area contributed by atoms with Gasteiger partial charge in [0, 0.05) is 25.3 Å². The summed E-state index contributed by atoms with van der Waals surface area (Å²) in [4.78, 5) is 29.6. The maximum absolute atomic E-state index is 13.1. The molecule has 1 amide bonds. The second kappa shape index (κ2) is 9.24. The van der Waals surface area contributed by atoms with Crippen LogP contribution in [0, 0.1) is 0 Å². The van der Waals surface area contributed by atoms with Gasteiger partial charge < -0.3 is 24.1 Å². The van der Waals surface area contributed by atoms with Crippen molar-refractivity contribution in [3.63, 3.8) is 0 Å². The molecule has 1 atom stereocenters. The number of benzene rings is 2. The molecule has 1 aliphatic heterocycles. The molecule has 1 saturated heterocycles. The van der Waals surface area contributed by atoms with Gasteiger partial charge in [0.25, 0.3) is 11.7 Å². The minimum Gasteiger partial charge on any atom is -0.507 e. The van der Waals surface area contributed by atoms with Crippen LogP contribution in [-0.2, 0) is 16.1 Å². The highest BCUT2D eigenvalue weighted by Gasteiger charge is 2.46. The molecule has 1 fully saturated rings. The zero-order valence-corrected chi connectivity index (χ0v) is 18.8. The molecule has 1 N–H and O–H groups in total. The number of aliphatic hydroxyl groups is 1. The predicted molar refractivity (Wildman–Crippen MR) is 125 cm³/mol. The molecule has 0 radical (unpaired) electrons. The van der Waals surface area contributed by atoms with E-state index in [1.165, 1.54) is 11.2 Å². The quantitative estimate of drug-likeness (QED) is 0.330. The van der Waals surface area contributed by atoms with E-state index in [9.17, 15) is 14.7 Å². The van der Waals surface area contributed by atoms with Crippen molar-refractivity contribution in [3.8, 4) is 5.75 Å². The topological polar surface area (TPSA) is 83.2 Å². The molecular formula is C26H26N2O5. The summed E-state index contributed by atoms with van der Waals surface area (Å²) in [5.41, 5.74) is 2.14. The Balaban J connectivity index is 1.84. The summed E-state index contributed by atoms with van der Waals surface area (Å²) in [6, 6.07) is 17.1. The van der Waals surface area contributed by atoms with Gasteiger partial charge in [-0.1, -0.05) is 24.3 Å². The van der Waals surface area contributed by atoms with Crippen LogP contribution in [-0.4, -0.2) is 42.4 Å². The van der Waals surface area contributed by atoms with Crippen LogP contribution in [0.5, 0.6) is 5.75 Å². The number of anilines is 1. The first-order valence-corrected chi connectivity index (χ1v) is 10.7. The van der Waals surface area contributed by atoms with E-state index in [2.05, 4.69) is 0 Å². The highest BCUT2D eigenvalue weighted by Crippen LogP contribution is 2.41. The smallest absolute Gasteiger partial charge is 0.296 e. The molecule has 0 saturated carbocycles. The fourth-order valence-electron chi connectivity index (χ4n) is 3.97.